The highest BCUT2D eigenvalue weighted by atomic mass is 16.5. The molecule has 2 aromatic heterocycles. The van der Waals surface area contributed by atoms with Crippen LogP contribution in [0.2, 0.25) is 0 Å². The summed E-state index contributed by atoms with van der Waals surface area (Å²) in [6.07, 6.45) is 5.65. The van der Waals surface area contributed by atoms with Gasteiger partial charge < -0.3 is 14.4 Å². The van der Waals surface area contributed by atoms with E-state index in [2.05, 4.69) is 20.4 Å². The van der Waals surface area contributed by atoms with Gasteiger partial charge in [0, 0.05) is 24.9 Å². The molecule has 1 saturated carbocycles. The Balaban J connectivity index is 1.77. The van der Waals surface area contributed by atoms with Gasteiger partial charge in [-0.25, -0.2) is 4.98 Å². The first-order valence-electron chi connectivity index (χ1n) is 7.75. The number of carbonyl (C=O) groups excluding carboxylic acids is 1. The molecule has 0 aromatic carbocycles. The first-order chi connectivity index (χ1) is 10.6. The van der Waals surface area contributed by atoms with E-state index in [1.54, 1.807) is 17.0 Å². The molecule has 7 nitrogen and oxygen atoms in total. The molecule has 0 radical (unpaired) electrons. The van der Waals surface area contributed by atoms with E-state index in [-0.39, 0.29) is 17.9 Å². The molecule has 0 bridgehead atoms. The van der Waals surface area contributed by atoms with Crippen LogP contribution in [0.4, 0.5) is 0 Å². The van der Waals surface area contributed by atoms with Crippen LogP contribution in [0.5, 0.6) is 0 Å². The van der Waals surface area contributed by atoms with Crippen LogP contribution in [0.3, 0.4) is 0 Å². The number of aryl methyl sites for hydroxylation is 1. The summed E-state index contributed by atoms with van der Waals surface area (Å²) in [5.74, 6) is 1.97. The van der Waals surface area contributed by atoms with Crippen molar-refractivity contribution in [1.82, 2.24) is 25.0 Å². The van der Waals surface area contributed by atoms with Gasteiger partial charge in [-0.2, -0.15) is 4.98 Å². The predicted octanol–water partition coefficient (Wildman–Crippen LogP) is 2.29. The molecule has 2 heterocycles. The predicted molar refractivity (Wildman–Crippen MR) is 79.2 cm³/mol. The zero-order valence-electron chi connectivity index (χ0n) is 13.1. The summed E-state index contributed by atoms with van der Waals surface area (Å²) in [5.41, 5.74) is 0. The normalized spacial score (nSPS) is 16.0. The minimum atomic E-state index is -0.311. The van der Waals surface area contributed by atoms with Crippen LogP contribution in [0.1, 0.15) is 67.9 Å². The van der Waals surface area contributed by atoms with Crippen molar-refractivity contribution >= 4 is 5.91 Å². The number of aromatic nitrogens is 4. The van der Waals surface area contributed by atoms with E-state index in [0.717, 1.165) is 18.7 Å². The minimum Gasteiger partial charge on any atom is -0.337 e. The standard InChI is InChI=1S/C15H21N5O2/c1-4-20-8-7-16-13(20)14(21)17-11(9(2)3)15-18-12(19-22-15)10-5-6-10/h7-11H,4-6H2,1-3H3,(H,17,21). The molecule has 118 valence electrons. The van der Waals surface area contributed by atoms with Crippen LogP contribution in [0, 0.1) is 5.92 Å². The third-order valence-corrected chi connectivity index (χ3v) is 3.88. The number of nitrogens with zero attached hydrogens (tertiary/aromatic N) is 4. The molecule has 1 amide bonds. The summed E-state index contributed by atoms with van der Waals surface area (Å²) >= 11 is 0. The van der Waals surface area contributed by atoms with Crippen LogP contribution in [-0.2, 0) is 6.54 Å². The second-order valence-corrected chi connectivity index (χ2v) is 6.00. The molecule has 1 N–H and O–H groups in total. The summed E-state index contributed by atoms with van der Waals surface area (Å²) in [6.45, 7) is 6.69. The Kier molecular flexibility index (Phi) is 3.96. The van der Waals surface area contributed by atoms with Crippen molar-refractivity contribution in [3.05, 3.63) is 29.9 Å². The smallest absolute Gasteiger partial charge is 0.287 e. The molecule has 0 saturated heterocycles. The number of rotatable bonds is 6. The first-order valence-corrected chi connectivity index (χ1v) is 7.75. The lowest BCUT2D eigenvalue weighted by atomic mass is 10.0. The monoisotopic (exact) mass is 303 g/mol. The molecule has 3 rings (SSSR count). The van der Waals surface area contributed by atoms with Crippen molar-refractivity contribution in [2.75, 3.05) is 0 Å². The van der Waals surface area contributed by atoms with Crippen LogP contribution in [0.15, 0.2) is 16.9 Å². The fraction of sp³-hybridized carbons (Fsp3) is 0.600. The lowest BCUT2D eigenvalue weighted by Gasteiger charge is -2.18. The van der Waals surface area contributed by atoms with E-state index >= 15 is 0 Å². The summed E-state index contributed by atoms with van der Waals surface area (Å²) in [4.78, 5) is 21.0. The summed E-state index contributed by atoms with van der Waals surface area (Å²) in [5, 5.41) is 6.99. The van der Waals surface area contributed by atoms with E-state index in [1.165, 1.54) is 0 Å². The van der Waals surface area contributed by atoms with Crippen molar-refractivity contribution in [1.29, 1.82) is 0 Å². The van der Waals surface area contributed by atoms with Crippen LogP contribution in [-0.4, -0.2) is 25.6 Å². The molecule has 2 aromatic rings. The van der Waals surface area contributed by atoms with Gasteiger partial charge in [0.2, 0.25) is 5.89 Å². The van der Waals surface area contributed by atoms with Crippen LogP contribution < -0.4 is 5.32 Å². The molecule has 22 heavy (non-hydrogen) atoms. The highest BCUT2D eigenvalue weighted by Gasteiger charge is 2.32. The Bertz CT molecular complexity index is 656. The van der Waals surface area contributed by atoms with Crippen molar-refractivity contribution in [2.45, 2.75) is 52.1 Å². The topological polar surface area (TPSA) is 85.8 Å². The average molecular weight is 303 g/mol. The Morgan fingerprint density at radius 1 is 1.50 bits per heavy atom. The van der Waals surface area contributed by atoms with E-state index in [4.69, 9.17) is 4.52 Å². The minimum absolute atomic E-state index is 0.140. The molecule has 1 fully saturated rings. The lowest BCUT2D eigenvalue weighted by molar-refractivity contribution is 0.0899. The van der Waals surface area contributed by atoms with Gasteiger partial charge in [-0.15, -0.1) is 0 Å². The number of amides is 1. The second-order valence-electron chi connectivity index (χ2n) is 6.00. The maximum absolute atomic E-state index is 12.4. The summed E-state index contributed by atoms with van der Waals surface area (Å²) < 4.78 is 7.16. The molecular formula is C15H21N5O2. The quantitative estimate of drug-likeness (QED) is 0.885. The highest BCUT2D eigenvalue weighted by Crippen LogP contribution is 2.38. The zero-order valence-corrected chi connectivity index (χ0v) is 13.1. The third-order valence-electron chi connectivity index (χ3n) is 3.88. The molecule has 1 unspecified atom stereocenters. The fourth-order valence-corrected chi connectivity index (χ4v) is 2.37. The Morgan fingerprint density at radius 2 is 2.27 bits per heavy atom. The first kappa shape index (κ1) is 14.7. The molecule has 1 aliphatic rings. The van der Waals surface area contributed by atoms with Crippen LogP contribution in [0.25, 0.3) is 0 Å². The largest absolute Gasteiger partial charge is 0.337 e. The molecular weight excluding hydrogens is 282 g/mol. The second kappa shape index (κ2) is 5.90. The van der Waals surface area contributed by atoms with Crippen molar-refractivity contribution in [3.63, 3.8) is 0 Å². The Labute approximate surface area is 129 Å². The van der Waals surface area contributed by atoms with Gasteiger partial charge in [-0.05, 0) is 25.7 Å². The maximum atomic E-state index is 12.4. The number of hydrogen-bond acceptors (Lipinski definition) is 5. The van der Waals surface area contributed by atoms with E-state index in [1.807, 2.05) is 20.8 Å². The molecule has 1 aliphatic carbocycles. The fourth-order valence-electron chi connectivity index (χ4n) is 2.37. The molecule has 1 atom stereocenters. The highest BCUT2D eigenvalue weighted by molar-refractivity contribution is 5.91. The van der Waals surface area contributed by atoms with Crippen molar-refractivity contribution < 1.29 is 9.32 Å². The number of imidazole rings is 1. The number of hydrogen-bond donors (Lipinski definition) is 1. The van der Waals surface area contributed by atoms with E-state index in [0.29, 0.717) is 24.2 Å². The average Bonchev–Trinajstić information content (AvgIpc) is 3.04. The van der Waals surface area contributed by atoms with Crippen molar-refractivity contribution in [3.8, 4) is 0 Å². The zero-order chi connectivity index (χ0) is 15.7. The van der Waals surface area contributed by atoms with Crippen LogP contribution >= 0.6 is 0 Å². The van der Waals surface area contributed by atoms with Gasteiger partial charge >= 0.3 is 0 Å². The number of carbonyl (C=O) groups is 1. The SMILES string of the molecule is CCn1ccnc1C(=O)NC(c1nc(C2CC2)no1)C(C)C. The van der Waals surface area contributed by atoms with Gasteiger partial charge in [-0.1, -0.05) is 19.0 Å². The summed E-state index contributed by atoms with van der Waals surface area (Å²) in [6, 6.07) is -0.311. The lowest BCUT2D eigenvalue weighted by Crippen LogP contribution is -2.33. The molecule has 7 heteroatoms. The van der Waals surface area contributed by atoms with Gasteiger partial charge in [0.15, 0.2) is 11.6 Å². The molecule has 0 aliphatic heterocycles. The maximum Gasteiger partial charge on any atom is 0.287 e. The molecule has 0 spiro atoms. The van der Waals surface area contributed by atoms with Gasteiger partial charge in [0.05, 0.1) is 0 Å². The van der Waals surface area contributed by atoms with Gasteiger partial charge in [0.1, 0.15) is 6.04 Å². The van der Waals surface area contributed by atoms with E-state index < -0.39 is 0 Å². The Morgan fingerprint density at radius 3 is 2.91 bits per heavy atom. The Hall–Kier alpha value is -2.18. The third kappa shape index (κ3) is 2.88. The van der Waals surface area contributed by atoms with E-state index in [9.17, 15) is 4.79 Å². The van der Waals surface area contributed by atoms with Crippen molar-refractivity contribution in [2.24, 2.45) is 5.92 Å². The number of nitrogens with one attached hydrogen (secondary N) is 1. The van der Waals surface area contributed by atoms with Gasteiger partial charge in [-0.3, -0.25) is 4.79 Å². The summed E-state index contributed by atoms with van der Waals surface area (Å²) in [7, 11) is 0. The van der Waals surface area contributed by atoms with Gasteiger partial charge in [0.25, 0.3) is 5.91 Å².